The number of aldehydes is 2. The van der Waals surface area contributed by atoms with Crippen molar-refractivity contribution in [1.82, 2.24) is 0 Å². The van der Waals surface area contributed by atoms with Crippen LogP contribution in [0.5, 0.6) is 28.7 Å². The minimum absolute atomic E-state index is 0.181. The number of hydrogen-bond acceptors (Lipinski definition) is 8. The maximum atomic E-state index is 10.7. The molecule has 9 heteroatoms. The molecule has 0 saturated carbocycles. The molecule has 0 aromatic heterocycles. The van der Waals surface area contributed by atoms with Gasteiger partial charge >= 0.3 is 7.12 Å². The lowest BCUT2D eigenvalue weighted by atomic mass is 9.80. The van der Waals surface area contributed by atoms with Gasteiger partial charge in [-0.25, -0.2) is 0 Å². The molecule has 4 aromatic rings. The standard InChI is InChI=1S/C14H12O3.C7H7BO3.C7H8O2/c1-16-13-7-2-3-8-14(13)17-12-6-4-5-11(9-12)10-15;9-5-6-2-1-3-7(4-6)8(10)11;1-9-7-5-3-2-4-6(7)8/h2-10H,1H3;1-5,10-11H;2-5,8H,1H3. The van der Waals surface area contributed by atoms with Crippen LogP contribution in [0, 0.1) is 0 Å². The Morgan fingerprint density at radius 1 is 0.649 bits per heavy atom. The zero-order chi connectivity index (χ0) is 27.0. The minimum atomic E-state index is -1.50. The van der Waals surface area contributed by atoms with Crippen LogP contribution in [0.3, 0.4) is 0 Å². The molecular weight excluding hydrogens is 475 g/mol. The summed E-state index contributed by atoms with van der Waals surface area (Å²) < 4.78 is 15.6. The molecule has 0 heterocycles. The van der Waals surface area contributed by atoms with Gasteiger partial charge in [0.05, 0.1) is 14.2 Å². The molecule has 0 aliphatic carbocycles. The Morgan fingerprint density at radius 2 is 1.19 bits per heavy atom. The van der Waals surface area contributed by atoms with Crippen LogP contribution in [0.25, 0.3) is 0 Å². The zero-order valence-electron chi connectivity index (χ0n) is 20.4. The van der Waals surface area contributed by atoms with Crippen LogP contribution in [-0.4, -0.2) is 49.1 Å². The van der Waals surface area contributed by atoms with Gasteiger partial charge in [-0.05, 0) is 41.9 Å². The van der Waals surface area contributed by atoms with E-state index in [-0.39, 0.29) is 5.75 Å². The Morgan fingerprint density at radius 3 is 1.73 bits per heavy atom. The average molecular weight is 502 g/mol. The minimum Gasteiger partial charge on any atom is -0.504 e. The van der Waals surface area contributed by atoms with Crippen LogP contribution in [-0.2, 0) is 0 Å². The van der Waals surface area contributed by atoms with Gasteiger partial charge in [0.15, 0.2) is 23.0 Å². The largest absolute Gasteiger partial charge is 0.504 e. The summed E-state index contributed by atoms with van der Waals surface area (Å²) in [5.41, 5.74) is 1.35. The highest BCUT2D eigenvalue weighted by molar-refractivity contribution is 6.58. The average Bonchev–Trinajstić information content (AvgIpc) is 2.94. The Bertz CT molecular complexity index is 1280. The number of hydrogen-bond donors (Lipinski definition) is 3. The van der Waals surface area contributed by atoms with Gasteiger partial charge in [-0.15, -0.1) is 0 Å². The third-order valence-electron chi connectivity index (χ3n) is 4.72. The van der Waals surface area contributed by atoms with E-state index in [0.29, 0.717) is 45.9 Å². The first-order chi connectivity index (χ1) is 17.9. The first kappa shape index (κ1) is 28.6. The van der Waals surface area contributed by atoms with Crippen LogP contribution in [0.15, 0.2) is 97.1 Å². The summed E-state index contributed by atoms with van der Waals surface area (Å²) in [5, 5.41) is 26.4. The Hall–Kier alpha value is -4.60. The maximum Gasteiger partial charge on any atom is 0.488 e. The lowest BCUT2D eigenvalue weighted by Crippen LogP contribution is -2.29. The van der Waals surface area contributed by atoms with Gasteiger partial charge < -0.3 is 29.4 Å². The zero-order valence-corrected chi connectivity index (χ0v) is 20.4. The molecule has 0 aliphatic heterocycles. The van der Waals surface area contributed by atoms with Gasteiger partial charge in [0.25, 0.3) is 0 Å². The summed E-state index contributed by atoms with van der Waals surface area (Å²) in [6.07, 6.45) is 1.45. The Kier molecular flexibility index (Phi) is 11.9. The van der Waals surface area contributed by atoms with Crippen LogP contribution >= 0.6 is 0 Å². The van der Waals surface area contributed by atoms with Crippen LogP contribution in [0.4, 0.5) is 0 Å². The highest BCUT2D eigenvalue weighted by atomic mass is 16.5. The maximum absolute atomic E-state index is 10.7. The van der Waals surface area contributed by atoms with E-state index in [1.54, 1.807) is 67.8 Å². The molecule has 0 atom stereocenters. The molecule has 0 amide bonds. The molecular formula is C28H27BO8. The molecule has 0 unspecified atom stereocenters. The third-order valence-corrected chi connectivity index (χ3v) is 4.72. The number of carbonyl (C=O) groups is 2. The number of benzene rings is 4. The number of para-hydroxylation sites is 4. The first-order valence-corrected chi connectivity index (χ1v) is 11.0. The van der Waals surface area contributed by atoms with E-state index in [2.05, 4.69) is 0 Å². The van der Waals surface area contributed by atoms with Crippen molar-refractivity contribution in [3.05, 3.63) is 108 Å². The van der Waals surface area contributed by atoms with E-state index in [9.17, 15) is 9.59 Å². The molecule has 4 rings (SSSR count). The summed E-state index contributed by atoms with van der Waals surface area (Å²) in [4.78, 5) is 20.9. The van der Waals surface area contributed by atoms with Crippen molar-refractivity contribution in [3.8, 4) is 28.7 Å². The number of phenols is 1. The normalized spacial score (nSPS) is 9.41. The third kappa shape index (κ3) is 9.52. The Balaban J connectivity index is 0.000000208. The number of rotatable bonds is 7. The first-order valence-electron chi connectivity index (χ1n) is 11.0. The van der Waals surface area contributed by atoms with Crippen molar-refractivity contribution < 1.29 is 39.0 Å². The van der Waals surface area contributed by atoms with Crippen molar-refractivity contribution in [3.63, 3.8) is 0 Å². The molecule has 4 aromatic carbocycles. The second kappa shape index (κ2) is 15.4. The number of carbonyl (C=O) groups excluding carboxylic acids is 2. The van der Waals surface area contributed by atoms with E-state index >= 15 is 0 Å². The lowest BCUT2D eigenvalue weighted by molar-refractivity contribution is 0.111. The van der Waals surface area contributed by atoms with Gasteiger partial charge in [0, 0.05) is 11.1 Å². The quantitative estimate of drug-likeness (QED) is 0.257. The summed E-state index contributed by atoms with van der Waals surface area (Å²) in [7, 11) is 1.61. The second-order valence-corrected chi connectivity index (χ2v) is 7.28. The summed E-state index contributed by atoms with van der Waals surface area (Å²) in [6.45, 7) is 0. The number of aromatic hydroxyl groups is 1. The van der Waals surface area contributed by atoms with Gasteiger partial charge in [-0.2, -0.15) is 0 Å². The lowest BCUT2D eigenvalue weighted by Gasteiger charge is -2.09. The van der Waals surface area contributed by atoms with E-state index < -0.39 is 7.12 Å². The van der Waals surface area contributed by atoms with Gasteiger partial charge in [-0.3, -0.25) is 9.59 Å². The second-order valence-electron chi connectivity index (χ2n) is 7.28. The van der Waals surface area contributed by atoms with Crippen molar-refractivity contribution >= 4 is 25.2 Å². The molecule has 0 radical (unpaired) electrons. The fourth-order valence-corrected chi connectivity index (χ4v) is 2.90. The molecule has 0 bridgehead atoms. The summed E-state index contributed by atoms with van der Waals surface area (Å²) in [6, 6.07) is 27.3. The molecule has 8 nitrogen and oxygen atoms in total. The van der Waals surface area contributed by atoms with Crippen LogP contribution in [0.1, 0.15) is 20.7 Å². The smallest absolute Gasteiger partial charge is 0.488 e. The molecule has 0 spiro atoms. The summed E-state index contributed by atoms with van der Waals surface area (Å²) in [5.74, 6) is 2.58. The SMILES string of the molecule is COc1ccccc1O.COc1ccccc1Oc1cccc(C=O)c1.O=Cc1cccc(B(O)O)c1. The Labute approximate surface area is 215 Å². The number of methoxy groups -OCH3 is 2. The molecule has 190 valence electrons. The van der Waals surface area contributed by atoms with Gasteiger partial charge in [-0.1, -0.05) is 60.7 Å². The van der Waals surface area contributed by atoms with Crippen LogP contribution in [0.2, 0.25) is 0 Å². The number of ether oxygens (including phenoxy) is 3. The van der Waals surface area contributed by atoms with Gasteiger partial charge in [0.1, 0.15) is 18.3 Å². The number of phenolic OH excluding ortho intramolecular Hbond substituents is 1. The van der Waals surface area contributed by atoms with E-state index in [0.717, 1.165) is 6.29 Å². The van der Waals surface area contributed by atoms with E-state index in [4.69, 9.17) is 29.4 Å². The van der Waals surface area contributed by atoms with Crippen molar-refractivity contribution in [2.75, 3.05) is 14.2 Å². The molecule has 0 aliphatic rings. The predicted molar refractivity (Wildman–Crippen MR) is 141 cm³/mol. The predicted octanol–water partition coefficient (Wildman–Crippen LogP) is 3.88. The van der Waals surface area contributed by atoms with E-state index in [1.807, 2.05) is 24.3 Å². The van der Waals surface area contributed by atoms with E-state index in [1.165, 1.54) is 19.2 Å². The highest BCUT2D eigenvalue weighted by Gasteiger charge is 2.09. The molecule has 0 fully saturated rings. The topological polar surface area (TPSA) is 123 Å². The fourth-order valence-electron chi connectivity index (χ4n) is 2.90. The monoisotopic (exact) mass is 502 g/mol. The van der Waals surface area contributed by atoms with Crippen molar-refractivity contribution in [1.29, 1.82) is 0 Å². The van der Waals surface area contributed by atoms with Crippen molar-refractivity contribution in [2.24, 2.45) is 0 Å². The molecule has 3 N–H and O–H groups in total. The fraction of sp³-hybridized carbons (Fsp3) is 0.0714. The van der Waals surface area contributed by atoms with Crippen molar-refractivity contribution in [2.45, 2.75) is 0 Å². The molecule has 37 heavy (non-hydrogen) atoms. The summed E-state index contributed by atoms with van der Waals surface area (Å²) >= 11 is 0. The van der Waals surface area contributed by atoms with Crippen LogP contribution < -0.4 is 19.7 Å². The highest BCUT2D eigenvalue weighted by Crippen LogP contribution is 2.30. The molecule has 0 saturated heterocycles. The van der Waals surface area contributed by atoms with Gasteiger partial charge in [0.2, 0.25) is 0 Å².